The summed E-state index contributed by atoms with van der Waals surface area (Å²) in [5, 5.41) is 0. The molecule has 1 amide bonds. The second-order valence-corrected chi connectivity index (χ2v) is 4.38. The number of hydrogen-bond acceptors (Lipinski definition) is 4. The molecule has 5 heteroatoms. The summed E-state index contributed by atoms with van der Waals surface area (Å²) in [5.41, 5.74) is 6.90. The second-order valence-electron chi connectivity index (χ2n) is 4.38. The van der Waals surface area contributed by atoms with Crippen molar-refractivity contribution in [1.82, 2.24) is 14.8 Å². The van der Waals surface area contributed by atoms with Crippen molar-refractivity contribution < 1.29 is 4.79 Å². The van der Waals surface area contributed by atoms with Crippen LogP contribution < -0.4 is 5.73 Å². The first kappa shape index (κ1) is 13.4. The van der Waals surface area contributed by atoms with Gasteiger partial charge in [-0.25, -0.2) is 0 Å². The number of nitrogens with zero attached hydrogens (tertiary/aromatic N) is 3. The number of carbonyl (C=O) groups is 1. The van der Waals surface area contributed by atoms with E-state index in [9.17, 15) is 4.79 Å². The lowest BCUT2D eigenvalue weighted by Crippen LogP contribution is -2.34. The average Bonchev–Trinajstić information content (AvgIpc) is 2.28. The van der Waals surface area contributed by atoms with Crippen LogP contribution in [0.5, 0.6) is 0 Å². The summed E-state index contributed by atoms with van der Waals surface area (Å²) in [6.07, 6.45) is 1.90. The molecule has 1 aromatic heterocycles. The summed E-state index contributed by atoms with van der Waals surface area (Å²) < 4.78 is 0. The van der Waals surface area contributed by atoms with Gasteiger partial charge in [0.05, 0.1) is 18.3 Å². The van der Waals surface area contributed by atoms with Gasteiger partial charge in [-0.3, -0.25) is 9.78 Å². The Morgan fingerprint density at radius 2 is 2.00 bits per heavy atom. The van der Waals surface area contributed by atoms with Crippen LogP contribution in [0.15, 0.2) is 18.3 Å². The Morgan fingerprint density at radius 1 is 1.29 bits per heavy atom. The highest BCUT2D eigenvalue weighted by Gasteiger charge is 2.10. The van der Waals surface area contributed by atoms with E-state index >= 15 is 0 Å². The smallest absolute Gasteiger partial charge is 0.228 e. The highest BCUT2D eigenvalue weighted by molar-refractivity contribution is 5.78. The van der Waals surface area contributed by atoms with E-state index < -0.39 is 0 Å². The number of nitrogens with two attached hydrogens (primary N) is 1. The molecule has 0 aliphatic carbocycles. The number of anilines is 1. The van der Waals surface area contributed by atoms with Crippen LogP contribution in [-0.2, 0) is 11.2 Å². The molecule has 0 atom stereocenters. The van der Waals surface area contributed by atoms with Crippen LogP contribution >= 0.6 is 0 Å². The number of carbonyl (C=O) groups excluding carboxylic acids is 1. The Bertz CT molecular complexity index is 361. The summed E-state index contributed by atoms with van der Waals surface area (Å²) >= 11 is 0. The summed E-state index contributed by atoms with van der Waals surface area (Å²) in [4.78, 5) is 19.7. The quantitative estimate of drug-likeness (QED) is 0.794. The fourth-order valence-corrected chi connectivity index (χ4v) is 1.31. The molecule has 0 bridgehead atoms. The van der Waals surface area contributed by atoms with E-state index in [-0.39, 0.29) is 5.91 Å². The first-order chi connectivity index (χ1) is 7.99. The number of pyridine rings is 1. The molecular formula is C12H20N4O. The first-order valence-corrected chi connectivity index (χ1v) is 5.58. The minimum Gasteiger partial charge on any atom is -0.397 e. The van der Waals surface area contributed by atoms with Gasteiger partial charge >= 0.3 is 0 Å². The standard InChI is InChI=1S/C12H20N4O/c1-15(2)6-7-16(3)12(17)8-11-5-4-10(13)9-14-11/h4-5,9H,6-8,13H2,1-3H3. The minimum atomic E-state index is 0.0733. The van der Waals surface area contributed by atoms with Gasteiger partial charge in [-0.1, -0.05) is 0 Å². The Morgan fingerprint density at radius 3 is 2.53 bits per heavy atom. The molecule has 0 aliphatic rings. The van der Waals surface area contributed by atoms with Crippen LogP contribution in [0.1, 0.15) is 5.69 Å². The molecule has 17 heavy (non-hydrogen) atoms. The maximum absolute atomic E-state index is 11.8. The number of rotatable bonds is 5. The van der Waals surface area contributed by atoms with Crippen LogP contribution in [0, 0.1) is 0 Å². The third-order valence-corrected chi connectivity index (χ3v) is 2.49. The van der Waals surface area contributed by atoms with E-state index in [1.54, 1.807) is 23.2 Å². The summed E-state index contributed by atoms with van der Waals surface area (Å²) in [7, 11) is 5.78. The molecule has 5 nitrogen and oxygen atoms in total. The van der Waals surface area contributed by atoms with Gasteiger partial charge in [-0.05, 0) is 26.2 Å². The monoisotopic (exact) mass is 236 g/mol. The van der Waals surface area contributed by atoms with Crippen LogP contribution in [0.25, 0.3) is 0 Å². The lowest BCUT2D eigenvalue weighted by atomic mass is 10.2. The van der Waals surface area contributed by atoms with Gasteiger partial charge in [0, 0.05) is 25.8 Å². The van der Waals surface area contributed by atoms with Gasteiger partial charge in [0.2, 0.25) is 5.91 Å². The van der Waals surface area contributed by atoms with Crippen LogP contribution in [0.4, 0.5) is 5.69 Å². The van der Waals surface area contributed by atoms with Crippen molar-refractivity contribution >= 4 is 11.6 Å². The topological polar surface area (TPSA) is 62.5 Å². The predicted molar refractivity (Wildman–Crippen MR) is 68.5 cm³/mol. The van der Waals surface area contributed by atoms with Crippen molar-refractivity contribution in [3.8, 4) is 0 Å². The van der Waals surface area contributed by atoms with Gasteiger partial charge < -0.3 is 15.5 Å². The Balaban J connectivity index is 2.45. The zero-order valence-corrected chi connectivity index (χ0v) is 10.7. The molecule has 0 aromatic carbocycles. The van der Waals surface area contributed by atoms with E-state index in [4.69, 9.17) is 5.73 Å². The Labute approximate surface area is 102 Å². The van der Waals surface area contributed by atoms with Crippen molar-refractivity contribution in [2.45, 2.75) is 6.42 Å². The number of aromatic nitrogens is 1. The Hall–Kier alpha value is -1.62. The van der Waals surface area contributed by atoms with Crippen molar-refractivity contribution in [2.24, 2.45) is 0 Å². The largest absolute Gasteiger partial charge is 0.397 e. The molecule has 0 saturated carbocycles. The Kier molecular flexibility index (Phi) is 4.90. The molecule has 0 fully saturated rings. The van der Waals surface area contributed by atoms with Gasteiger partial charge in [-0.15, -0.1) is 0 Å². The van der Waals surface area contributed by atoms with Gasteiger partial charge in [0.25, 0.3) is 0 Å². The molecule has 1 heterocycles. The van der Waals surface area contributed by atoms with Crippen LogP contribution in [0.2, 0.25) is 0 Å². The number of amides is 1. The molecule has 94 valence electrons. The van der Waals surface area contributed by atoms with Crippen LogP contribution in [0.3, 0.4) is 0 Å². The fraction of sp³-hybridized carbons (Fsp3) is 0.500. The molecule has 0 saturated heterocycles. The normalized spacial score (nSPS) is 10.6. The van der Waals surface area contributed by atoms with Crippen LogP contribution in [-0.4, -0.2) is 54.9 Å². The molecule has 2 N–H and O–H groups in total. The SMILES string of the molecule is CN(C)CCN(C)C(=O)Cc1ccc(N)cn1. The summed E-state index contributed by atoms with van der Waals surface area (Å²) in [6, 6.07) is 3.54. The maximum atomic E-state index is 11.8. The highest BCUT2D eigenvalue weighted by Crippen LogP contribution is 2.03. The van der Waals surface area contributed by atoms with E-state index in [2.05, 4.69) is 4.98 Å². The van der Waals surface area contributed by atoms with Gasteiger partial charge in [-0.2, -0.15) is 0 Å². The van der Waals surface area contributed by atoms with E-state index in [1.165, 1.54) is 0 Å². The lowest BCUT2D eigenvalue weighted by molar-refractivity contribution is -0.129. The lowest BCUT2D eigenvalue weighted by Gasteiger charge is -2.19. The van der Waals surface area contributed by atoms with Crippen molar-refractivity contribution in [3.63, 3.8) is 0 Å². The third-order valence-electron chi connectivity index (χ3n) is 2.49. The number of nitrogen functional groups attached to an aromatic ring is 1. The van der Waals surface area contributed by atoms with Gasteiger partial charge in [0.1, 0.15) is 0 Å². The zero-order valence-electron chi connectivity index (χ0n) is 10.7. The van der Waals surface area contributed by atoms with Crippen molar-refractivity contribution in [3.05, 3.63) is 24.0 Å². The molecule has 1 aromatic rings. The number of likely N-dealkylation sites (N-methyl/N-ethyl adjacent to an activating group) is 2. The predicted octanol–water partition coefficient (Wildman–Crippen LogP) is 0.226. The molecule has 0 aliphatic heterocycles. The fourth-order valence-electron chi connectivity index (χ4n) is 1.31. The molecule has 0 unspecified atom stereocenters. The van der Waals surface area contributed by atoms with Crippen molar-refractivity contribution in [1.29, 1.82) is 0 Å². The zero-order chi connectivity index (χ0) is 12.8. The maximum Gasteiger partial charge on any atom is 0.228 e. The molecule has 0 radical (unpaired) electrons. The highest BCUT2D eigenvalue weighted by atomic mass is 16.2. The molecule has 0 spiro atoms. The summed E-state index contributed by atoms with van der Waals surface area (Å²) in [6.45, 7) is 1.58. The average molecular weight is 236 g/mol. The van der Waals surface area contributed by atoms with E-state index in [0.717, 1.165) is 18.8 Å². The van der Waals surface area contributed by atoms with E-state index in [1.807, 2.05) is 26.0 Å². The first-order valence-electron chi connectivity index (χ1n) is 5.58. The van der Waals surface area contributed by atoms with Gasteiger partial charge in [0.15, 0.2) is 0 Å². The van der Waals surface area contributed by atoms with E-state index in [0.29, 0.717) is 12.1 Å². The molecular weight excluding hydrogens is 216 g/mol. The van der Waals surface area contributed by atoms with Crippen molar-refractivity contribution in [2.75, 3.05) is 40.0 Å². The minimum absolute atomic E-state index is 0.0733. The summed E-state index contributed by atoms with van der Waals surface area (Å²) in [5.74, 6) is 0.0733. The molecule has 1 rings (SSSR count). The second kappa shape index (κ2) is 6.20. The third kappa shape index (κ3) is 4.82. The number of hydrogen-bond donors (Lipinski definition) is 1.